The lowest BCUT2D eigenvalue weighted by molar-refractivity contribution is 0.183. The van der Waals surface area contributed by atoms with Crippen LogP contribution in [0.1, 0.15) is 111 Å². The maximum absolute atomic E-state index is 2.63. The molecule has 0 heterocycles. The summed E-state index contributed by atoms with van der Waals surface area (Å²) in [5.74, 6) is 8.17. The molecule has 4 rings (SSSR count). The first kappa shape index (κ1) is 20.0. The highest BCUT2D eigenvalue weighted by Crippen LogP contribution is 2.50. The molecule has 0 saturated heterocycles. The summed E-state index contributed by atoms with van der Waals surface area (Å²) in [5, 5.41) is 0. The number of hydrogen-bond donors (Lipinski definition) is 0. The highest BCUT2D eigenvalue weighted by Gasteiger charge is 2.40. The zero-order valence-corrected chi connectivity index (χ0v) is 18.6. The van der Waals surface area contributed by atoms with E-state index < -0.39 is 0 Å². The lowest BCUT2D eigenvalue weighted by Crippen LogP contribution is -2.25. The lowest BCUT2D eigenvalue weighted by Gasteiger charge is -2.35. The lowest BCUT2D eigenvalue weighted by atomic mass is 9.70. The van der Waals surface area contributed by atoms with Crippen LogP contribution in [-0.2, 0) is 0 Å². The summed E-state index contributed by atoms with van der Waals surface area (Å²) in [5.41, 5.74) is 1.87. The van der Waals surface area contributed by atoms with Gasteiger partial charge in [-0.3, -0.25) is 0 Å². The van der Waals surface area contributed by atoms with Gasteiger partial charge in [-0.2, -0.15) is 0 Å². The van der Waals surface area contributed by atoms with E-state index in [4.69, 9.17) is 0 Å². The first-order chi connectivity index (χ1) is 13.1. The third kappa shape index (κ3) is 4.67. The smallest absolute Gasteiger partial charge is 0.0200 e. The number of hydrogen-bond acceptors (Lipinski definition) is 0. The minimum absolute atomic E-state index is 0.989. The largest absolute Gasteiger partial charge is 0.0850 e. The predicted octanol–water partition coefficient (Wildman–Crippen LogP) is 8.42. The first-order valence-electron chi connectivity index (χ1n) is 12.8. The second-order valence-corrected chi connectivity index (χ2v) is 11.4. The van der Waals surface area contributed by atoms with Gasteiger partial charge in [-0.05, 0) is 105 Å². The van der Waals surface area contributed by atoms with Crippen molar-refractivity contribution < 1.29 is 0 Å². The van der Waals surface area contributed by atoms with Crippen molar-refractivity contribution in [1.82, 2.24) is 0 Å². The molecule has 0 amide bonds. The Labute approximate surface area is 170 Å². The van der Waals surface area contributed by atoms with E-state index >= 15 is 0 Å². The predicted molar refractivity (Wildman–Crippen MR) is 118 cm³/mol. The molecular weight excluding hydrogens is 324 g/mol. The van der Waals surface area contributed by atoms with E-state index in [0.717, 1.165) is 47.3 Å². The number of fused-ring (bicyclic) bond motifs is 1. The Bertz CT molecular complexity index is 502. The van der Waals surface area contributed by atoms with E-state index in [1.807, 2.05) is 5.57 Å². The van der Waals surface area contributed by atoms with E-state index in [-0.39, 0.29) is 0 Å². The number of unbranched alkanes of at least 4 members (excludes halogenated alkanes) is 1. The summed E-state index contributed by atoms with van der Waals surface area (Å²) in [6.45, 7) is 7.61. The zero-order chi connectivity index (χ0) is 18.8. The summed E-state index contributed by atoms with van der Waals surface area (Å²) in [7, 11) is 0. The quantitative estimate of drug-likeness (QED) is 0.325. The molecule has 3 fully saturated rings. The Kier molecular flexibility index (Phi) is 6.71. The SMILES string of the molecule is CC1CCC(CCCCC2CCC(C3CCC4CCC=C4C3)C2C)C(C)C1. The molecule has 27 heavy (non-hydrogen) atoms. The molecule has 8 unspecified atom stereocenters. The Morgan fingerprint density at radius 2 is 1.59 bits per heavy atom. The Balaban J connectivity index is 1.18. The fraction of sp³-hybridized carbons (Fsp3) is 0.926. The van der Waals surface area contributed by atoms with Gasteiger partial charge in [-0.1, -0.05) is 64.5 Å². The summed E-state index contributed by atoms with van der Waals surface area (Å²) in [6.07, 6.45) is 23.7. The molecule has 0 radical (unpaired) electrons. The van der Waals surface area contributed by atoms with Crippen LogP contribution in [0.4, 0.5) is 0 Å². The van der Waals surface area contributed by atoms with Crippen molar-refractivity contribution in [2.75, 3.05) is 0 Å². The van der Waals surface area contributed by atoms with E-state index in [2.05, 4.69) is 26.8 Å². The minimum atomic E-state index is 0.989. The summed E-state index contributed by atoms with van der Waals surface area (Å²) >= 11 is 0. The van der Waals surface area contributed by atoms with Gasteiger partial charge in [-0.25, -0.2) is 0 Å². The summed E-state index contributed by atoms with van der Waals surface area (Å²) in [6, 6.07) is 0. The molecule has 0 nitrogen and oxygen atoms in total. The van der Waals surface area contributed by atoms with Gasteiger partial charge in [0.25, 0.3) is 0 Å². The van der Waals surface area contributed by atoms with E-state index in [1.165, 1.54) is 70.6 Å². The van der Waals surface area contributed by atoms with Gasteiger partial charge in [0.05, 0.1) is 0 Å². The third-order valence-electron chi connectivity index (χ3n) is 9.73. The second-order valence-electron chi connectivity index (χ2n) is 11.4. The van der Waals surface area contributed by atoms with Crippen molar-refractivity contribution in [3.63, 3.8) is 0 Å². The fourth-order valence-corrected chi connectivity index (χ4v) is 7.91. The van der Waals surface area contributed by atoms with Crippen LogP contribution in [0.5, 0.6) is 0 Å². The van der Waals surface area contributed by atoms with Crippen molar-refractivity contribution in [1.29, 1.82) is 0 Å². The van der Waals surface area contributed by atoms with Crippen LogP contribution in [0.2, 0.25) is 0 Å². The monoisotopic (exact) mass is 370 g/mol. The molecule has 4 aliphatic carbocycles. The third-order valence-corrected chi connectivity index (χ3v) is 9.73. The highest BCUT2D eigenvalue weighted by molar-refractivity contribution is 5.16. The van der Waals surface area contributed by atoms with E-state index in [0.29, 0.717) is 0 Å². The van der Waals surface area contributed by atoms with Crippen LogP contribution in [0.25, 0.3) is 0 Å². The molecule has 0 aromatic carbocycles. The Morgan fingerprint density at radius 3 is 2.41 bits per heavy atom. The molecule has 8 atom stereocenters. The Morgan fingerprint density at radius 1 is 0.815 bits per heavy atom. The molecule has 0 heteroatoms. The van der Waals surface area contributed by atoms with Gasteiger partial charge in [0.2, 0.25) is 0 Å². The highest BCUT2D eigenvalue weighted by atomic mass is 14.4. The molecule has 3 saturated carbocycles. The average Bonchev–Trinajstić information content (AvgIpc) is 3.26. The first-order valence-corrected chi connectivity index (χ1v) is 12.8. The minimum Gasteiger partial charge on any atom is -0.0850 e. The molecule has 0 aliphatic heterocycles. The standard InChI is InChI=1S/C27H46/c1-19-11-12-22(20(2)17-19)7-4-5-8-23-15-16-27(21(23)3)26-14-13-24-9-6-10-25(24)18-26/h10,19-24,26-27H,4-9,11-18H2,1-3H3. The molecule has 4 aliphatic rings. The molecule has 0 bridgehead atoms. The molecule has 154 valence electrons. The van der Waals surface area contributed by atoms with Crippen LogP contribution in [0, 0.1) is 47.3 Å². The van der Waals surface area contributed by atoms with Crippen LogP contribution < -0.4 is 0 Å². The van der Waals surface area contributed by atoms with Crippen LogP contribution in [-0.4, -0.2) is 0 Å². The Hall–Kier alpha value is -0.260. The summed E-state index contributed by atoms with van der Waals surface area (Å²) < 4.78 is 0. The van der Waals surface area contributed by atoms with Gasteiger partial charge in [0.1, 0.15) is 0 Å². The van der Waals surface area contributed by atoms with Crippen LogP contribution in [0.3, 0.4) is 0 Å². The van der Waals surface area contributed by atoms with Gasteiger partial charge in [0.15, 0.2) is 0 Å². The van der Waals surface area contributed by atoms with Crippen molar-refractivity contribution in [2.45, 2.75) is 111 Å². The van der Waals surface area contributed by atoms with Gasteiger partial charge in [0, 0.05) is 0 Å². The molecule has 0 spiro atoms. The normalized spacial score (nSPS) is 44.9. The van der Waals surface area contributed by atoms with Crippen molar-refractivity contribution in [2.24, 2.45) is 47.3 Å². The topological polar surface area (TPSA) is 0 Å². The second kappa shape index (κ2) is 9.04. The summed E-state index contributed by atoms with van der Waals surface area (Å²) in [4.78, 5) is 0. The number of rotatable bonds is 6. The maximum atomic E-state index is 2.63. The zero-order valence-electron chi connectivity index (χ0n) is 18.6. The maximum Gasteiger partial charge on any atom is -0.0200 e. The van der Waals surface area contributed by atoms with Crippen molar-refractivity contribution >= 4 is 0 Å². The van der Waals surface area contributed by atoms with Gasteiger partial charge in [-0.15, -0.1) is 0 Å². The molecule has 0 N–H and O–H groups in total. The van der Waals surface area contributed by atoms with E-state index in [9.17, 15) is 0 Å². The van der Waals surface area contributed by atoms with Gasteiger partial charge < -0.3 is 0 Å². The van der Waals surface area contributed by atoms with Crippen LogP contribution >= 0.6 is 0 Å². The average molecular weight is 371 g/mol. The van der Waals surface area contributed by atoms with Gasteiger partial charge >= 0.3 is 0 Å². The molecule has 0 aromatic heterocycles. The van der Waals surface area contributed by atoms with E-state index in [1.54, 1.807) is 19.3 Å². The number of allylic oxidation sites excluding steroid dienone is 2. The molecule has 0 aromatic rings. The van der Waals surface area contributed by atoms with Crippen LogP contribution in [0.15, 0.2) is 11.6 Å². The fourth-order valence-electron chi connectivity index (χ4n) is 7.91. The van der Waals surface area contributed by atoms with Crippen molar-refractivity contribution in [3.05, 3.63) is 11.6 Å². The molecular formula is C27H46. The van der Waals surface area contributed by atoms with Crippen molar-refractivity contribution in [3.8, 4) is 0 Å².